The van der Waals surface area contributed by atoms with Crippen LogP contribution in [0.5, 0.6) is 5.75 Å². The van der Waals surface area contributed by atoms with Crippen molar-refractivity contribution >= 4 is 21.6 Å². The summed E-state index contributed by atoms with van der Waals surface area (Å²) in [5.41, 5.74) is 1.86. The van der Waals surface area contributed by atoms with Crippen molar-refractivity contribution in [3.63, 3.8) is 0 Å². The molecule has 0 bridgehead atoms. The number of carbonyl (C=O) groups is 1. The molecule has 0 radical (unpaired) electrons. The van der Waals surface area contributed by atoms with Gasteiger partial charge in [-0.2, -0.15) is 0 Å². The lowest BCUT2D eigenvalue weighted by Gasteiger charge is -2.20. The molecular formula is C23H24N2O4S. The molecular weight excluding hydrogens is 400 g/mol. The van der Waals surface area contributed by atoms with Crippen LogP contribution < -0.4 is 14.4 Å². The molecule has 6 nitrogen and oxygen atoms in total. The van der Waals surface area contributed by atoms with Crippen molar-refractivity contribution in [2.75, 3.05) is 24.5 Å². The van der Waals surface area contributed by atoms with Gasteiger partial charge in [-0.1, -0.05) is 42.0 Å². The molecule has 0 aromatic heterocycles. The number of amides is 1. The summed E-state index contributed by atoms with van der Waals surface area (Å²) in [4.78, 5) is 12.5. The van der Waals surface area contributed by atoms with Crippen LogP contribution in [-0.2, 0) is 10.0 Å². The minimum atomic E-state index is -3.79. The Balaban J connectivity index is 1.65. The molecule has 1 N–H and O–H groups in total. The average molecular weight is 425 g/mol. The van der Waals surface area contributed by atoms with Gasteiger partial charge < -0.3 is 10.1 Å². The van der Waals surface area contributed by atoms with E-state index in [9.17, 15) is 13.2 Å². The topological polar surface area (TPSA) is 75.7 Å². The van der Waals surface area contributed by atoms with E-state index in [1.165, 1.54) is 23.5 Å². The van der Waals surface area contributed by atoms with Crippen LogP contribution >= 0.6 is 0 Å². The van der Waals surface area contributed by atoms with E-state index in [-0.39, 0.29) is 16.4 Å². The van der Waals surface area contributed by atoms with Crippen molar-refractivity contribution in [3.05, 3.63) is 90.0 Å². The molecule has 156 valence electrons. The van der Waals surface area contributed by atoms with Gasteiger partial charge in [0.1, 0.15) is 12.4 Å². The SMILES string of the molecule is Cc1ccc(N(C)S(=O)(=O)c2cccc(C(=O)NCCOc3ccccc3)c2)cc1. The average Bonchev–Trinajstić information content (AvgIpc) is 2.77. The fourth-order valence-electron chi connectivity index (χ4n) is 2.80. The Morgan fingerprint density at radius 3 is 2.37 bits per heavy atom. The summed E-state index contributed by atoms with van der Waals surface area (Å²) < 4.78 is 32.7. The molecule has 0 heterocycles. The van der Waals surface area contributed by atoms with Crippen LogP contribution in [0, 0.1) is 6.92 Å². The molecule has 0 aliphatic rings. The predicted molar refractivity (Wildman–Crippen MR) is 117 cm³/mol. The van der Waals surface area contributed by atoms with E-state index in [1.54, 1.807) is 24.3 Å². The van der Waals surface area contributed by atoms with Gasteiger partial charge in [-0.15, -0.1) is 0 Å². The summed E-state index contributed by atoms with van der Waals surface area (Å²) in [5, 5.41) is 2.74. The molecule has 0 aliphatic heterocycles. The van der Waals surface area contributed by atoms with Crippen LogP contribution in [0.15, 0.2) is 83.8 Å². The Kier molecular flexibility index (Phi) is 6.74. The number of benzene rings is 3. The van der Waals surface area contributed by atoms with Crippen LogP contribution in [0.3, 0.4) is 0 Å². The number of carbonyl (C=O) groups excluding carboxylic acids is 1. The number of rotatable bonds is 8. The van der Waals surface area contributed by atoms with Crippen molar-refractivity contribution in [2.24, 2.45) is 0 Å². The number of hydrogen-bond acceptors (Lipinski definition) is 4. The number of anilines is 1. The standard InChI is InChI=1S/C23H24N2O4S/c1-18-11-13-20(14-12-18)25(2)30(27,28)22-10-6-7-19(17-22)23(26)24-15-16-29-21-8-4-3-5-9-21/h3-14,17H,15-16H2,1-2H3,(H,24,26). The van der Waals surface area contributed by atoms with Gasteiger partial charge >= 0.3 is 0 Å². The number of aryl methyl sites for hydroxylation is 1. The molecule has 0 spiro atoms. The highest BCUT2D eigenvalue weighted by Crippen LogP contribution is 2.23. The van der Waals surface area contributed by atoms with Gasteiger partial charge in [-0.3, -0.25) is 9.10 Å². The summed E-state index contributed by atoms with van der Waals surface area (Å²) >= 11 is 0. The van der Waals surface area contributed by atoms with Crippen molar-refractivity contribution in [3.8, 4) is 5.75 Å². The van der Waals surface area contributed by atoms with Gasteiger partial charge in [-0.05, 0) is 49.4 Å². The van der Waals surface area contributed by atoms with E-state index in [2.05, 4.69) is 5.32 Å². The molecule has 0 saturated carbocycles. The number of para-hydroxylation sites is 1. The molecule has 0 aliphatic carbocycles. The molecule has 30 heavy (non-hydrogen) atoms. The maximum absolute atomic E-state index is 13.0. The molecule has 1 amide bonds. The lowest BCUT2D eigenvalue weighted by atomic mass is 10.2. The molecule has 3 aromatic carbocycles. The molecule has 3 rings (SSSR count). The first-order valence-electron chi connectivity index (χ1n) is 9.49. The first-order chi connectivity index (χ1) is 14.4. The third kappa shape index (κ3) is 5.18. The van der Waals surface area contributed by atoms with Crippen molar-refractivity contribution in [2.45, 2.75) is 11.8 Å². The largest absolute Gasteiger partial charge is 0.492 e. The predicted octanol–water partition coefficient (Wildman–Crippen LogP) is 3.63. The Morgan fingerprint density at radius 1 is 0.967 bits per heavy atom. The number of ether oxygens (including phenoxy) is 1. The second-order valence-corrected chi connectivity index (χ2v) is 8.72. The van der Waals surface area contributed by atoms with Gasteiger partial charge in [0.25, 0.3) is 15.9 Å². The fourth-order valence-corrected chi connectivity index (χ4v) is 4.04. The van der Waals surface area contributed by atoms with E-state index < -0.39 is 10.0 Å². The smallest absolute Gasteiger partial charge is 0.264 e. The maximum atomic E-state index is 13.0. The highest BCUT2D eigenvalue weighted by atomic mass is 32.2. The van der Waals surface area contributed by atoms with Crippen LogP contribution in [0.1, 0.15) is 15.9 Å². The zero-order chi connectivity index (χ0) is 21.6. The Bertz CT molecular complexity index is 1100. The fraction of sp³-hybridized carbons (Fsp3) is 0.174. The third-order valence-electron chi connectivity index (χ3n) is 4.55. The highest BCUT2D eigenvalue weighted by molar-refractivity contribution is 7.92. The monoisotopic (exact) mass is 424 g/mol. The van der Waals surface area contributed by atoms with Gasteiger partial charge in [0, 0.05) is 12.6 Å². The van der Waals surface area contributed by atoms with Crippen molar-refractivity contribution < 1.29 is 17.9 Å². The van der Waals surface area contributed by atoms with Crippen LogP contribution in [0.2, 0.25) is 0 Å². The lowest BCUT2D eigenvalue weighted by Crippen LogP contribution is -2.29. The summed E-state index contributed by atoms with van der Waals surface area (Å²) in [6.45, 7) is 2.54. The number of hydrogen-bond donors (Lipinski definition) is 1. The molecule has 0 fully saturated rings. The number of sulfonamides is 1. The second-order valence-electron chi connectivity index (χ2n) is 6.75. The van der Waals surface area contributed by atoms with Crippen molar-refractivity contribution in [1.82, 2.24) is 5.32 Å². The molecule has 7 heteroatoms. The maximum Gasteiger partial charge on any atom is 0.264 e. The van der Waals surface area contributed by atoms with E-state index in [0.29, 0.717) is 18.8 Å². The summed E-state index contributed by atoms with van der Waals surface area (Å²) in [6, 6.07) is 22.5. The van der Waals surface area contributed by atoms with Crippen molar-refractivity contribution in [1.29, 1.82) is 0 Å². The number of nitrogens with one attached hydrogen (secondary N) is 1. The first-order valence-corrected chi connectivity index (χ1v) is 10.9. The lowest BCUT2D eigenvalue weighted by molar-refractivity contribution is 0.0947. The van der Waals surface area contributed by atoms with Gasteiger partial charge in [-0.25, -0.2) is 8.42 Å². The first kappa shape index (κ1) is 21.4. The number of nitrogens with zero attached hydrogens (tertiary/aromatic N) is 1. The van der Waals surface area contributed by atoms with Crippen LogP contribution in [0.4, 0.5) is 5.69 Å². The molecule has 0 atom stereocenters. The summed E-state index contributed by atoms with van der Waals surface area (Å²) in [6.07, 6.45) is 0. The van der Waals surface area contributed by atoms with Gasteiger partial charge in [0.2, 0.25) is 0 Å². The quantitative estimate of drug-likeness (QED) is 0.561. The van der Waals surface area contributed by atoms with Crippen LogP contribution in [0.25, 0.3) is 0 Å². The second kappa shape index (κ2) is 9.45. The third-order valence-corrected chi connectivity index (χ3v) is 6.33. The van der Waals surface area contributed by atoms with E-state index in [0.717, 1.165) is 11.3 Å². The highest BCUT2D eigenvalue weighted by Gasteiger charge is 2.22. The molecule has 3 aromatic rings. The minimum absolute atomic E-state index is 0.0544. The Morgan fingerprint density at radius 2 is 1.67 bits per heavy atom. The Labute approximate surface area is 177 Å². The summed E-state index contributed by atoms with van der Waals surface area (Å²) in [5.74, 6) is 0.362. The zero-order valence-electron chi connectivity index (χ0n) is 16.9. The molecule has 0 saturated heterocycles. The Hall–Kier alpha value is -3.32. The van der Waals surface area contributed by atoms with E-state index in [4.69, 9.17) is 4.74 Å². The van der Waals surface area contributed by atoms with E-state index >= 15 is 0 Å². The van der Waals surface area contributed by atoms with Gasteiger partial charge in [0.15, 0.2) is 0 Å². The molecule has 0 unspecified atom stereocenters. The van der Waals surface area contributed by atoms with Crippen LogP contribution in [-0.4, -0.2) is 34.5 Å². The van der Waals surface area contributed by atoms with Gasteiger partial charge in [0.05, 0.1) is 17.1 Å². The summed E-state index contributed by atoms with van der Waals surface area (Å²) in [7, 11) is -2.30. The minimum Gasteiger partial charge on any atom is -0.492 e. The van der Waals surface area contributed by atoms with E-state index in [1.807, 2.05) is 49.4 Å². The zero-order valence-corrected chi connectivity index (χ0v) is 17.7. The normalized spacial score (nSPS) is 11.0.